The molecule has 7 nitrogen and oxygen atoms in total. The van der Waals surface area contributed by atoms with Gasteiger partial charge in [-0.25, -0.2) is 9.97 Å². The Bertz CT molecular complexity index is 1510. The number of carbonyl (C=O) groups excluding carboxylic acids is 1. The van der Waals surface area contributed by atoms with E-state index in [1.54, 1.807) is 49.6 Å². The van der Waals surface area contributed by atoms with Gasteiger partial charge in [0, 0.05) is 18.2 Å². The second kappa shape index (κ2) is 8.55. The normalized spacial score (nSPS) is 10.9. The van der Waals surface area contributed by atoms with Crippen LogP contribution in [0.4, 0.5) is 0 Å². The summed E-state index contributed by atoms with van der Waals surface area (Å²) in [6.45, 7) is 0.147. The van der Waals surface area contributed by atoms with Gasteiger partial charge in [0.1, 0.15) is 5.82 Å². The lowest BCUT2D eigenvalue weighted by Crippen LogP contribution is -2.28. The highest BCUT2D eigenvalue weighted by Crippen LogP contribution is 2.28. The van der Waals surface area contributed by atoms with Crippen LogP contribution in [-0.2, 0) is 6.54 Å². The summed E-state index contributed by atoms with van der Waals surface area (Å²) in [6.07, 6.45) is 1.65. The third-order valence-corrected chi connectivity index (χ3v) is 5.35. The molecule has 0 fully saturated rings. The average Bonchev–Trinajstić information content (AvgIpc) is 3.34. The number of carbonyl (C=O) groups is 1. The van der Waals surface area contributed by atoms with Crippen molar-refractivity contribution >= 4 is 16.8 Å². The van der Waals surface area contributed by atoms with Gasteiger partial charge in [0.15, 0.2) is 5.76 Å². The number of hydrogen-bond acceptors (Lipinski definition) is 5. The molecule has 33 heavy (non-hydrogen) atoms. The lowest BCUT2D eigenvalue weighted by atomic mass is 10.1. The smallest absolute Gasteiger partial charge is 0.258 e. The lowest BCUT2D eigenvalue weighted by molar-refractivity contribution is 0.0782. The fraction of sp³-hybridized carbons (Fsp3) is 0.0769. The molecule has 7 heteroatoms. The highest BCUT2D eigenvalue weighted by atomic mass is 16.4. The molecular weight excluding hydrogens is 416 g/mol. The number of fused-ring (bicyclic) bond motifs is 1. The van der Waals surface area contributed by atoms with Gasteiger partial charge in [-0.05, 0) is 24.3 Å². The van der Waals surface area contributed by atoms with Gasteiger partial charge in [-0.15, -0.1) is 0 Å². The Hall–Kier alpha value is -4.52. The minimum absolute atomic E-state index is 0.147. The zero-order valence-corrected chi connectivity index (χ0v) is 17.9. The Labute approximate surface area is 189 Å². The fourth-order valence-electron chi connectivity index (χ4n) is 3.70. The fourth-order valence-corrected chi connectivity index (χ4v) is 3.70. The summed E-state index contributed by atoms with van der Waals surface area (Å²) in [6, 6.07) is 23.9. The number of oxazole rings is 1. The van der Waals surface area contributed by atoms with Crippen LogP contribution in [0.2, 0.25) is 0 Å². The molecule has 0 aliphatic carbocycles. The van der Waals surface area contributed by atoms with Gasteiger partial charge in [-0.3, -0.25) is 9.59 Å². The van der Waals surface area contributed by atoms with Crippen LogP contribution in [-0.4, -0.2) is 32.8 Å². The van der Waals surface area contributed by atoms with E-state index >= 15 is 0 Å². The van der Waals surface area contributed by atoms with E-state index in [4.69, 9.17) is 4.42 Å². The van der Waals surface area contributed by atoms with E-state index in [1.165, 1.54) is 4.90 Å². The van der Waals surface area contributed by atoms with Gasteiger partial charge < -0.3 is 14.3 Å². The third kappa shape index (κ3) is 4.04. The van der Waals surface area contributed by atoms with Crippen molar-refractivity contribution < 1.29 is 9.21 Å². The van der Waals surface area contributed by atoms with Crippen LogP contribution >= 0.6 is 0 Å². The minimum Gasteiger partial charge on any atom is -0.436 e. The number of aromatic nitrogens is 3. The number of amides is 1. The summed E-state index contributed by atoms with van der Waals surface area (Å²) >= 11 is 0. The molecule has 0 aliphatic rings. The van der Waals surface area contributed by atoms with Crippen molar-refractivity contribution in [2.45, 2.75) is 6.54 Å². The van der Waals surface area contributed by atoms with Crippen molar-refractivity contribution in [3.63, 3.8) is 0 Å². The number of rotatable bonds is 5. The van der Waals surface area contributed by atoms with Crippen molar-refractivity contribution in [3.05, 3.63) is 107 Å². The maximum absolute atomic E-state index is 13.3. The third-order valence-electron chi connectivity index (χ3n) is 5.35. The molecule has 5 rings (SSSR count). The zero-order chi connectivity index (χ0) is 22.8. The number of nitrogens with one attached hydrogen (secondary N) is 1. The molecule has 0 atom stereocenters. The summed E-state index contributed by atoms with van der Waals surface area (Å²) in [5.41, 5.74) is 2.31. The quantitative estimate of drug-likeness (QED) is 0.437. The first-order valence-electron chi connectivity index (χ1n) is 10.4. The molecule has 0 unspecified atom stereocenters. The predicted molar refractivity (Wildman–Crippen MR) is 126 cm³/mol. The molecule has 5 aromatic rings. The number of nitrogens with zero attached hydrogens (tertiary/aromatic N) is 3. The van der Waals surface area contributed by atoms with Gasteiger partial charge in [-0.2, -0.15) is 0 Å². The SMILES string of the molecule is CN(Cc1nc2ccccc2c(=O)[nH]1)C(=O)c1ccccc1-c1ncc(-c2ccccc2)o1. The standard InChI is InChI=1S/C26H20N4O3/c1-30(16-23-28-21-14-8-7-13-20(21)24(31)29-23)26(32)19-12-6-5-11-18(19)25-27-15-22(33-25)17-9-3-2-4-10-17/h2-15H,16H2,1H3,(H,28,29,31). The Balaban J connectivity index is 1.43. The second-order valence-corrected chi connectivity index (χ2v) is 7.63. The Morgan fingerprint density at radius 3 is 2.55 bits per heavy atom. The molecule has 1 amide bonds. The molecule has 2 aromatic heterocycles. The molecule has 0 bridgehead atoms. The molecule has 1 N–H and O–H groups in total. The molecule has 0 saturated carbocycles. The molecule has 0 radical (unpaired) electrons. The summed E-state index contributed by atoms with van der Waals surface area (Å²) in [7, 11) is 1.67. The van der Waals surface area contributed by atoms with E-state index < -0.39 is 0 Å². The molecule has 3 aromatic carbocycles. The molecule has 0 saturated heterocycles. The topological polar surface area (TPSA) is 92.1 Å². The summed E-state index contributed by atoms with van der Waals surface area (Å²) in [5.74, 6) is 1.16. The number of para-hydroxylation sites is 1. The highest BCUT2D eigenvalue weighted by molar-refractivity contribution is 5.99. The van der Waals surface area contributed by atoms with E-state index in [0.717, 1.165) is 5.56 Å². The molecule has 0 spiro atoms. The zero-order valence-electron chi connectivity index (χ0n) is 17.9. The van der Waals surface area contributed by atoms with Crippen LogP contribution in [0.3, 0.4) is 0 Å². The maximum atomic E-state index is 13.3. The number of H-pyrrole nitrogens is 1. The van der Waals surface area contributed by atoms with Crippen LogP contribution in [0.1, 0.15) is 16.2 Å². The van der Waals surface area contributed by atoms with E-state index in [0.29, 0.717) is 39.5 Å². The van der Waals surface area contributed by atoms with Crippen molar-refractivity contribution in [2.75, 3.05) is 7.05 Å². The van der Waals surface area contributed by atoms with Crippen LogP contribution in [0.5, 0.6) is 0 Å². The van der Waals surface area contributed by atoms with Gasteiger partial charge in [0.25, 0.3) is 11.5 Å². The second-order valence-electron chi connectivity index (χ2n) is 7.63. The average molecular weight is 436 g/mol. The summed E-state index contributed by atoms with van der Waals surface area (Å²) in [5, 5.41) is 0.513. The monoisotopic (exact) mass is 436 g/mol. The largest absolute Gasteiger partial charge is 0.436 e. The summed E-state index contributed by atoms with van der Waals surface area (Å²) in [4.78, 5) is 38.8. The Morgan fingerprint density at radius 1 is 0.970 bits per heavy atom. The van der Waals surface area contributed by atoms with E-state index in [-0.39, 0.29) is 18.0 Å². The molecule has 2 heterocycles. The van der Waals surface area contributed by atoms with Crippen molar-refractivity contribution in [1.29, 1.82) is 0 Å². The number of benzene rings is 3. The molecule has 162 valence electrons. The van der Waals surface area contributed by atoms with Gasteiger partial charge in [0.05, 0.1) is 29.2 Å². The van der Waals surface area contributed by atoms with E-state index in [2.05, 4.69) is 15.0 Å². The Morgan fingerprint density at radius 2 is 1.70 bits per heavy atom. The van der Waals surface area contributed by atoms with Crippen molar-refractivity contribution in [2.24, 2.45) is 0 Å². The van der Waals surface area contributed by atoms with Crippen molar-refractivity contribution in [3.8, 4) is 22.8 Å². The van der Waals surface area contributed by atoms with Gasteiger partial charge >= 0.3 is 0 Å². The van der Waals surface area contributed by atoms with E-state index in [9.17, 15) is 9.59 Å². The van der Waals surface area contributed by atoms with Gasteiger partial charge in [0.2, 0.25) is 5.89 Å². The van der Waals surface area contributed by atoms with E-state index in [1.807, 2.05) is 42.5 Å². The summed E-state index contributed by atoms with van der Waals surface area (Å²) < 4.78 is 5.97. The Kier molecular flexibility index (Phi) is 5.28. The van der Waals surface area contributed by atoms with Crippen LogP contribution < -0.4 is 5.56 Å². The number of aromatic amines is 1. The first-order valence-corrected chi connectivity index (χ1v) is 10.4. The maximum Gasteiger partial charge on any atom is 0.258 e. The van der Waals surface area contributed by atoms with Crippen LogP contribution in [0.15, 0.2) is 94.3 Å². The van der Waals surface area contributed by atoms with Crippen molar-refractivity contribution in [1.82, 2.24) is 19.9 Å². The van der Waals surface area contributed by atoms with Crippen LogP contribution in [0.25, 0.3) is 33.7 Å². The molecular formula is C26H20N4O3. The minimum atomic E-state index is -0.235. The predicted octanol–water partition coefficient (Wildman–Crippen LogP) is 4.52. The number of hydrogen-bond donors (Lipinski definition) is 1. The highest BCUT2D eigenvalue weighted by Gasteiger charge is 2.20. The molecule has 0 aliphatic heterocycles. The lowest BCUT2D eigenvalue weighted by Gasteiger charge is -2.18. The first kappa shape index (κ1) is 20.4. The first-order chi connectivity index (χ1) is 16.1. The van der Waals surface area contributed by atoms with Crippen LogP contribution in [0, 0.1) is 0 Å². The van der Waals surface area contributed by atoms with Gasteiger partial charge in [-0.1, -0.05) is 54.6 Å².